The molecule has 0 aliphatic carbocycles. The molecular weight excluding hydrogens is 742 g/mol. The monoisotopic (exact) mass is 766 g/mol. The molecule has 20 heteroatoms. The van der Waals surface area contributed by atoms with Crippen LogP contribution in [0.15, 0.2) is 88.1 Å². The van der Waals surface area contributed by atoms with E-state index in [1.807, 2.05) is 0 Å². The number of nitrogens with one attached hydrogen (secondary N) is 2. The van der Waals surface area contributed by atoms with Gasteiger partial charge in [0.15, 0.2) is 5.60 Å². The molecular formula is C33H24N2O16P2. The van der Waals surface area contributed by atoms with Crippen molar-refractivity contribution in [2.75, 3.05) is 13.1 Å². The maximum Gasteiger partial charge on any atom is 0.524 e. The van der Waals surface area contributed by atoms with Crippen molar-refractivity contribution in [2.24, 2.45) is 0 Å². The number of ether oxygens (including phenoxy) is 2. The summed E-state index contributed by atoms with van der Waals surface area (Å²) in [5, 5.41) is 15.1. The average molecular weight is 767 g/mol. The van der Waals surface area contributed by atoms with Crippen molar-refractivity contribution in [3.8, 4) is 28.7 Å². The standard InChI is InChI=1S/C33H24N2O16P2/c36-18-3-1-16-11-22(31(39)48-26(16)13-18)30(38)35-10-9-34-29(37)17-2-6-21-25(12-17)33(49-32(21)40)23-7-4-19(50-52(41,42)43)14-27(23)47-28-15-20(5-8-24(28)33)51-53(44,45)46/h1-8,11-15,36H,9-10H2,(H,34,37)(H,35,38)(H2,41,42,43)(H2,44,45,46). The van der Waals surface area contributed by atoms with Gasteiger partial charge in [0.2, 0.25) is 0 Å². The van der Waals surface area contributed by atoms with Crippen LogP contribution in [-0.2, 0) is 19.5 Å². The highest BCUT2D eigenvalue weighted by Gasteiger charge is 2.54. The summed E-state index contributed by atoms with van der Waals surface area (Å²) in [5.74, 6) is -3.24. The zero-order chi connectivity index (χ0) is 37.9. The van der Waals surface area contributed by atoms with E-state index in [0.29, 0.717) is 5.39 Å². The number of phosphoric ester groups is 2. The molecule has 0 fully saturated rings. The fraction of sp³-hybridized carbons (Fsp3) is 0.0909. The Bertz CT molecular complexity index is 2470. The van der Waals surface area contributed by atoms with Crippen LogP contribution in [0, 0.1) is 0 Å². The number of aromatic hydroxyl groups is 1. The lowest BCUT2D eigenvalue weighted by atomic mass is 9.77. The second-order valence-corrected chi connectivity index (χ2v) is 13.9. The van der Waals surface area contributed by atoms with Crippen LogP contribution in [0.25, 0.3) is 11.0 Å². The van der Waals surface area contributed by atoms with Gasteiger partial charge in [-0.2, -0.15) is 0 Å². The predicted octanol–water partition coefficient (Wildman–Crippen LogP) is 3.17. The third-order valence-electron chi connectivity index (χ3n) is 8.12. The second-order valence-electron chi connectivity index (χ2n) is 11.6. The molecule has 1 spiro atoms. The van der Waals surface area contributed by atoms with E-state index in [1.54, 1.807) is 0 Å². The third kappa shape index (κ3) is 6.85. The quantitative estimate of drug-likeness (QED) is 0.0491. The summed E-state index contributed by atoms with van der Waals surface area (Å²) < 4.78 is 49.6. The van der Waals surface area contributed by atoms with Crippen molar-refractivity contribution >= 4 is 44.4 Å². The Morgan fingerprint density at radius 2 is 1.32 bits per heavy atom. The number of rotatable bonds is 9. The van der Waals surface area contributed by atoms with Crippen molar-refractivity contribution in [2.45, 2.75) is 5.60 Å². The SMILES string of the molecule is O=C(NCCNC(=O)c1cc2ccc(O)cc2oc1=O)c1ccc2c(c1)C1(OC2=O)c2ccc(OP(=O)(O)O)cc2Oc2cc(OP(=O)(O)O)ccc21. The minimum Gasteiger partial charge on any atom is -0.508 e. The molecule has 272 valence electrons. The van der Waals surface area contributed by atoms with Crippen LogP contribution in [0.2, 0.25) is 0 Å². The lowest BCUT2D eigenvalue weighted by molar-refractivity contribution is 0.0224. The van der Waals surface area contributed by atoms with Crippen LogP contribution in [0.4, 0.5) is 0 Å². The number of amides is 2. The summed E-state index contributed by atoms with van der Waals surface area (Å²) in [6.07, 6.45) is 0. The average Bonchev–Trinajstić information content (AvgIpc) is 3.36. The van der Waals surface area contributed by atoms with E-state index in [4.69, 9.17) is 22.9 Å². The Labute approximate surface area is 296 Å². The molecule has 0 bridgehead atoms. The van der Waals surface area contributed by atoms with Gasteiger partial charge in [-0.3, -0.25) is 29.2 Å². The lowest BCUT2D eigenvalue weighted by Crippen LogP contribution is -2.36. The molecule has 5 aromatic rings. The molecule has 0 unspecified atom stereocenters. The minimum atomic E-state index is -5.02. The molecule has 2 aliphatic heterocycles. The van der Waals surface area contributed by atoms with Crippen LogP contribution >= 0.6 is 15.6 Å². The van der Waals surface area contributed by atoms with Crippen molar-refractivity contribution in [1.82, 2.24) is 10.6 Å². The zero-order valence-corrected chi connectivity index (χ0v) is 28.3. The van der Waals surface area contributed by atoms with Gasteiger partial charge in [0.05, 0.1) is 5.56 Å². The second kappa shape index (κ2) is 12.9. The van der Waals surface area contributed by atoms with Gasteiger partial charge in [0.1, 0.15) is 39.9 Å². The Kier molecular flexibility index (Phi) is 8.61. The predicted molar refractivity (Wildman–Crippen MR) is 179 cm³/mol. The Morgan fingerprint density at radius 3 is 1.92 bits per heavy atom. The van der Waals surface area contributed by atoms with E-state index >= 15 is 0 Å². The number of phenolic OH excluding ortho intramolecular Hbond substituents is 1. The normalized spacial score (nSPS) is 14.0. The van der Waals surface area contributed by atoms with Crippen LogP contribution in [-0.4, -0.2) is 55.6 Å². The van der Waals surface area contributed by atoms with E-state index in [0.717, 1.165) is 12.1 Å². The van der Waals surface area contributed by atoms with Gasteiger partial charge >= 0.3 is 27.2 Å². The lowest BCUT2D eigenvalue weighted by Gasteiger charge is -2.36. The molecule has 18 nitrogen and oxygen atoms in total. The molecule has 2 amide bonds. The third-order valence-corrected chi connectivity index (χ3v) is 9.02. The first kappa shape index (κ1) is 35.4. The van der Waals surface area contributed by atoms with Gasteiger partial charge in [0.25, 0.3) is 11.8 Å². The van der Waals surface area contributed by atoms with Crippen molar-refractivity contribution in [3.05, 3.63) is 123 Å². The molecule has 53 heavy (non-hydrogen) atoms. The topological polar surface area (TPSA) is 278 Å². The van der Waals surface area contributed by atoms with E-state index in [9.17, 15) is 53.0 Å². The van der Waals surface area contributed by atoms with Crippen molar-refractivity contribution in [1.29, 1.82) is 0 Å². The Hall–Kier alpha value is -6.00. The van der Waals surface area contributed by atoms with Gasteiger partial charge in [-0.05, 0) is 60.7 Å². The summed E-state index contributed by atoms with van der Waals surface area (Å²) in [6.45, 7) is -0.205. The first-order chi connectivity index (χ1) is 25.0. The number of fused-ring (bicyclic) bond motifs is 7. The van der Waals surface area contributed by atoms with Crippen LogP contribution in [0.3, 0.4) is 0 Å². The van der Waals surface area contributed by atoms with E-state index in [2.05, 4.69) is 10.6 Å². The largest absolute Gasteiger partial charge is 0.524 e. The minimum absolute atomic E-state index is 0.0446. The Balaban J connectivity index is 1.17. The van der Waals surface area contributed by atoms with Crippen LogP contribution in [0.5, 0.6) is 28.7 Å². The number of phenols is 1. The van der Waals surface area contributed by atoms with Crippen LogP contribution in [0.1, 0.15) is 47.8 Å². The molecule has 7 rings (SSSR count). The van der Waals surface area contributed by atoms with Crippen molar-refractivity contribution in [3.63, 3.8) is 0 Å². The van der Waals surface area contributed by atoms with Gasteiger partial charge in [-0.1, -0.05) is 0 Å². The summed E-state index contributed by atoms with van der Waals surface area (Å²) in [4.78, 5) is 89.2. The van der Waals surface area contributed by atoms with Crippen molar-refractivity contribution < 1.29 is 71.1 Å². The van der Waals surface area contributed by atoms with Gasteiger partial charge < -0.3 is 38.7 Å². The van der Waals surface area contributed by atoms with Gasteiger partial charge in [-0.25, -0.2) is 18.7 Å². The summed E-state index contributed by atoms with van der Waals surface area (Å²) >= 11 is 0. The van der Waals surface area contributed by atoms with Gasteiger partial charge in [0, 0.05) is 58.9 Å². The number of phosphoric acid groups is 2. The number of hydrogen-bond donors (Lipinski definition) is 7. The summed E-state index contributed by atoms with van der Waals surface area (Å²) in [7, 11) is -10.0. The molecule has 1 aromatic heterocycles. The number of benzene rings is 4. The number of hydrogen-bond acceptors (Lipinski definition) is 12. The Morgan fingerprint density at radius 1 is 0.717 bits per heavy atom. The maximum atomic E-state index is 13.4. The molecule has 0 radical (unpaired) electrons. The fourth-order valence-corrected chi connectivity index (χ4v) is 6.80. The number of carbonyl (C=O) groups is 3. The molecule has 4 aromatic carbocycles. The number of esters is 1. The highest BCUT2D eigenvalue weighted by molar-refractivity contribution is 7.47. The summed E-state index contributed by atoms with van der Waals surface area (Å²) in [5.41, 5.74) is -2.44. The van der Waals surface area contributed by atoms with E-state index in [1.165, 1.54) is 66.7 Å². The van der Waals surface area contributed by atoms with Gasteiger partial charge in [-0.15, -0.1) is 0 Å². The smallest absolute Gasteiger partial charge is 0.508 e. The summed E-state index contributed by atoms with van der Waals surface area (Å²) in [6, 6.07) is 16.8. The van der Waals surface area contributed by atoms with Crippen LogP contribution < -0.4 is 30.0 Å². The highest BCUT2D eigenvalue weighted by atomic mass is 31.2. The highest BCUT2D eigenvalue weighted by Crippen LogP contribution is 2.58. The molecule has 2 aliphatic rings. The number of carbonyl (C=O) groups excluding carboxylic acids is 3. The molecule has 0 saturated heterocycles. The first-order valence-corrected chi connectivity index (χ1v) is 18.3. The van der Waals surface area contributed by atoms with E-state index in [-0.39, 0.29) is 80.8 Å². The molecule has 0 saturated carbocycles. The van der Waals surface area contributed by atoms with E-state index < -0.39 is 44.7 Å². The molecule has 0 atom stereocenters. The fourth-order valence-electron chi connectivity index (χ4n) is 6.02. The molecule has 7 N–H and O–H groups in total. The first-order valence-electron chi connectivity index (χ1n) is 15.2. The zero-order valence-electron chi connectivity index (χ0n) is 26.5. The molecule has 3 heterocycles. The maximum absolute atomic E-state index is 13.4.